The molecule has 0 heterocycles. The van der Waals surface area contributed by atoms with Crippen molar-refractivity contribution in [3.63, 3.8) is 0 Å². The molecule has 0 radical (unpaired) electrons. The number of Topliss-reactive ketones (excluding diaryl/α,β-unsaturated/α-hetero) is 2. The number of rotatable bonds is 6. The van der Waals surface area contributed by atoms with E-state index in [1.807, 2.05) is 0 Å². The molecule has 3 fully saturated rings. The van der Waals surface area contributed by atoms with Gasteiger partial charge in [0.2, 0.25) is 0 Å². The molecule has 0 aromatic rings. The zero-order chi connectivity index (χ0) is 22.1. The van der Waals surface area contributed by atoms with Crippen molar-refractivity contribution in [2.45, 2.75) is 51.9 Å². The molecule has 3 rings (SSSR count). The predicted molar refractivity (Wildman–Crippen MR) is 106 cm³/mol. The quantitative estimate of drug-likeness (QED) is 0.282. The first-order valence-electron chi connectivity index (χ1n) is 10.7. The van der Waals surface area contributed by atoms with Gasteiger partial charge in [-0.2, -0.15) is 0 Å². The fourth-order valence-electron chi connectivity index (χ4n) is 6.61. The van der Waals surface area contributed by atoms with Crippen molar-refractivity contribution >= 4 is 29.8 Å². The van der Waals surface area contributed by atoms with Crippen LogP contribution in [0.2, 0.25) is 0 Å². The van der Waals surface area contributed by atoms with Crippen LogP contribution < -0.4 is 0 Å². The third-order valence-electron chi connectivity index (χ3n) is 7.85. The average Bonchev–Trinajstić information content (AvgIpc) is 2.73. The number of hydrogen-bond donors (Lipinski definition) is 0. The van der Waals surface area contributed by atoms with Crippen molar-refractivity contribution < 1.29 is 33.4 Å². The average molecular weight is 418 g/mol. The number of aldehydes is 1. The van der Waals surface area contributed by atoms with E-state index in [4.69, 9.17) is 9.47 Å². The number of fused-ring (bicyclic) bond motifs is 3. The molecule has 30 heavy (non-hydrogen) atoms. The molecule has 0 aromatic carbocycles. The first-order valence-corrected chi connectivity index (χ1v) is 10.7. The Kier molecular flexibility index (Phi) is 6.29. The van der Waals surface area contributed by atoms with E-state index in [2.05, 4.69) is 6.58 Å². The molecule has 3 saturated carbocycles. The van der Waals surface area contributed by atoms with Crippen LogP contribution in [0.4, 0.5) is 0 Å². The highest BCUT2D eigenvalue weighted by molar-refractivity contribution is 6.12. The minimum Gasteiger partial charge on any atom is -0.468 e. The van der Waals surface area contributed by atoms with Gasteiger partial charge < -0.3 is 14.3 Å². The lowest BCUT2D eigenvalue weighted by molar-refractivity contribution is -0.201. The van der Waals surface area contributed by atoms with Gasteiger partial charge in [-0.25, -0.2) is 0 Å². The normalized spacial score (nSPS) is 38.1. The lowest BCUT2D eigenvalue weighted by Crippen LogP contribution is -2.70. The summed E-state index contributed by atoms with van der Waals surface area (Å²) in [4.78, 5) is 65.1. The van der Waals surface area contributed by atoms with Gasteiger partial charge in [0.05, 0.1) is 7.11 Å². The zero-order valence-electron chi connectivity index (χ0n) is 17.7. The second-order valence-corrected chi connectivity index (χ2v) is 8.91. The van der Waals surface area contributed by atoms with E-state index in [1.165, 1.54) is 13.2 Å². The van der Waals surface area contributed by atoms with Gasteiger partial charge in [-0.3, -0.25) is 19.2 Å². The third kappa shape index (κ3) is 2.96. The van der Waals surface area contributed by atoms with Crippen molar-refractivity contribution in [3.05, 3.63) is 12.7 Å². The molecule has 3 aliphatic carbocycles. The van der Waals surface area contributed by atoms with Crippen LogP contribution in [-0.2, 0) is 33.4 Å². The van der Waals surface area contributed by atoms with Crippen LogP contribution >= 0.6 is 0 Å². The molecule has 0 aliphatic heterocycles. The second-order valence-electron chi connectivity index (χ2n) is 8.91. The second kappa shape index (κ2) is 8.44. The molecule has 7 nitrogen and oxygen atoms in total. The number of hydrogen-bond acceptors (Lipinski definition) is 7. The van der Waals surface area contributed by atoms with Crippen molar-refractivity contribution in [2.75, 3.05) is 13.7 Å². The summed E-state index contributed by atoms with van der Waals surface area (Å²) in [5.74, 6) is -4.93. The molecule has 164 valence electrons. The number of ether oxygens (including phenoxy) is 2. The standard InChI is InChI=1S/C23H30O7/c1-4-13-30-20(27)18-15-8-6-10-17(25)23(15,21(28)29-3)16-9-5-7-14(11-12-24)22(16,2)19(18)26/h4,12,14-16,18H,1,5-11,13H2,2-3H3/t14-,15+,16+,18?,22-,23-/m1/s1. The van der Waals surface area contributed by atoms with Crippen LogP contribution in [0, 0.1) is 34.5 Å². The van der Waals surface area contributed by atoms with Gasteiger partial charge in [-0.15, -0.1) is 0 Å². The summed E-state index contributed by atoms with van der Waals surface area (Å²) < 4.78 is 10.4. The summed E-state index contributed by atoms with van der Waals surface area (Å²) in [6.45, 7) is 5.19. The van der Waals surface area contributed by atoms with Crippen molar-refractivity contribution in [1.82, 2.24) is 0 Å². The summed E-state index contributed by atoms with van der Waals surface area (Å²) in [7, 11) is 1.24. The third-order valence-corrected chi connectivity index (χ3v) is 7.85. The number of carbonyl (C=O) groups is 5. The fourth-order valence-corrected chi connectivity index (χ4v) is 6.61. The summed E-state index contributed by atoms with van der Waals surface area (Å²) >= 11 is 0. The van der Waals surface area contributed by atoms with E-state index in [0.29, 0.717) is 32.1 Å². The Morgan fingerprint density at radius 2 is 1.93 bits per heavy atom. The highest BCUT2D eigenvalue weighted by atomic mass is 16.5. The van der Waals surface area contributed by atoms with Crippen LogP contribution in [0.3, 0.4) is 0 Å². The zero-order valence-corrected chi connectivity index (χ0v) is 17.7. The van der Waals surface area contributed by atoms with E-state index < -0.39 is 40.5 Å². The Bertz CT molecular complexity index is 762. The highest BCUT2D eigenvalue weighted by Gasteiger charge is 2.73. The topological polar surface area (TPSA) is 104 Å². The smallest absolute Gasteiger partial charge is 0.320 e. The SMILES string of the molecule is C=CCOC(=O)C1C(=O)[C@]2(C)[C@@H](CC=O)CCC[C@@H]2[C@@]2(C(=O)OC)C(=O)CCC[C@@H]12. The molecule has 0 amide bonds. The van der Waals surface area contributed by atoms with Gasteiger partial charge in [0.1, 0.15) is 24.2 Å². The summed E-state index contributed by atoms with van der Waals surface area (Å²) in [6.07, 6.45) is 5.26. The molecular weight excluding hydrogens is 388 g/mol. The minimum absolute atomic E-state index is 0.0631. The fraction of sp³-hybridized carbons (Fsp3) is 0.696. The Morgan fingerprint density at radius 3 is 2.57 bits per heavy atom. The number of methoxy groups -OCH3 is 1. The van der Waals surface area contributed by atoms with Gasteiger partial charge >= 0.3 is 11.9 Å². The molecule has 0 N–H and O–H groups in total. The molecule has 3 aliphatic rings. The predicted octanol–water partition coefficient (Wildman–Crippen LogP) is 2.45. The monoisotopic (exact) mass is 418 g/mol. The largest absolute Gasteiger partial charge is 0.468 e. The van der Waals surface area contributed by atoms with Crippen molar-refractivity contribution in [3.8, 4) is 0 Å². The van der Waals surface area contributed by atoms with E-state index >= 15 is 0 Å². The molecule has 0 aromatic heterocycles. The Hall–Kier alpha value is -2.31. The summed E-state index contributed by atoms with van der Waals surface area (Å²) in [5.41, 5.74) is -2.72. The Balaban J connectivity index is 2.24. The van der Waals surface area contributed by atoms with E-state index in [9.17, 15) is 24.0 Å². The summed E-state index contributed by atoms with van der Waals surface area (Å²) in [5, 5.41) is 0. The van der Waals surface area contributed by atoms with E-state index in [-0.39, 0.29) is 36.9 Å². The van der Waals surface area contributed by atoms with Crippen LogP contribution in [-0.4, -0.2) is 43.5 Å². The Labute approximate surface area is 176 Å². The minimum atomic E-state index is -1.56. The van der Waals surface area contributed by atoms with Crippen LogP contribution in [0.25, 0.3) is 0 Å². The van der Waals surface area contributed by atoms with Crippen molar-refractivity contribution in [1.29, 1.82) is 0 Å². The maximum atomic E-state index is 13.9. The molecule has 0 saturated heterocycles. The molecule has 0 spiro atoms. The van der Waals surface area contributed by atoms with E-state index in [1.54, 1.807) is 6.92 Å². The summed E-state index contributed by atoms with van der Waals surface area (Å²) in [6, 6.07) is 0. The Morgan fingerprint density at radius 1 is 1.20 bits per heavy atom. The molecule has 0 bridgehead atoms. The van der Waals surface area contributed by atoms with Crippen molar-refractivity contribution in [2.24, 2.45) is 34.5 Å². The first kappa shape index (κ1) is 22.4. The lowest BCUT2D eigenvalue weighted by atomic mass is 9.39. The van der Waals surface area contributed by atoms with Gasteiger partial charge in [-0.05, 0) is 37.5 Å². The number of ketones is 2. The molecule has 1 unspecified atom stereocenters. The highest BCUT2D eigenvalue weighted by Crippen LogP contribution is 2.65. The molecular formula is C23H30O7. The van der Waals surface area contributed by atoms with Gasteiger partial charge in [0.25, 0.3) is 0 Å². The van der Waals surface area contributed by atoms with Crippen LogP contribution in [0.1, 0.15) is 51.9 Å². The van der Waals surface area contributed by atoms with Gasteiger partial charge in [0.15, 0.2) is 11.6 Å². The van der Waals surface area contributed by atoms with Gasteiger partial charge in [0, 0.05) is 24.2 Å². The molecule has 6 atom stereocenters. The molecule has 7 heteroatoms. The number of esters is 2. The maximum absolute atomic E-state index is 13.9. The van der Waals surface area contributed by atoms with Gasteiger partial charge in [-0.1, -0.05) is 26.0 Å². The van der Waals surface area contributed by atoms with Crippen LogP contribution in [0.5, 0.6) is 0 Å². The number of carbonyl (C=O) groups excluding carboxylic acids is 5. The van der Waals surface area contributed by atoms with Crippen LogP contribution in [0.15, 0.2) is 12.7 Å². The first-order chi connectivity index (χ1) is 14.3. The van der Waals surface area contributed by atoms with E-state index in [0.717, 1.165) is 6.29 Å². The lowest BCUT2D eigenvalue weighted by Gasteiger charge is -2.61. The maximum Gasteiger partial charge on any atom is 0.320 e.